The fourth-order valence-corrected chi connectivity index (χ4v) is 2.39. The van der Waals surface area contributed by atoms with Crippen LogP contribution in [-0.2, 0) is 0 Å². The van der Waals surface area contributed by atoms with Crippen LogP contribution < -0.4 is 0 Å². The summed E-state index contributed by atoms with van der Waals surface area (Å²) in [5, 5.41) is 13.3. The first-order valence-electron chi connectivity index (χ1n) is 5.13. The van der Waals surface area contributed by atoms with Crippen molar-refractivity contribution in [2.24, 2.45) is 0 Å². The fourth-order valence-electron chi connectivity index (χ4n) is 1.85. The first kappa shape index (κ1) is 11.0. The summed E-state index contributed by atoms with van der Waals surface area (Å²) >= 11 is 3.44. The first-order chi connectivity index (χ1) is 8.66. The van der Waals surface area contributed by atoms with Gasteiger partial charge in [-0.2, -0.15) is 0 Å². The number of carboxylic acids is 1. The van der Waals surface area contributed by atoms with Crippen LogP contribution in [0.2, 0.25) is 0 Å². The van der Waals surface area contributed by atoms with Crippen molar-refractivity contribution in [1.82, 2.24) is 10.1 Å². The number of H-pyrrole nitrogens is 1. The Morgan fingerprint density at radius 1 is 1.44 bits per heavy atom. The standard InChI is InChI=1S/C12H7BrN2O3/c13-7-5-14-8-3-1-2-6(11(7)8)10-4-9(12(16)17)15-18-10/h1-5,14H,(H,16,17). The van der Waals surface area contributed by atoms with Crippen LogP contribution in [0.15, 0.2) is 39.5 Å². The number of carboxylic acid groups (broad SMARTS) is 1. The molecule has 3 rings (SSSR count). The fraction of sp³-hybridized carbons (Fsp3) is 0. The van der Waals surface area contributed by atoms with Gasteiger partial charge in [-0.3, -0.25) is 0 Å². The molecular weight excluding hydrogens is 300 g/mol. The smallest absolute Gasteiger partial charge is 0.358 e. The van der Waals surface area contributed by atoms with Crippen LogP contribution in [0.1, 0.15) is 10.5 Å². The van der Waals surface area contributed by atoms with E-state index < -0.39 is 5.97 Å². The van der Waals surface area contributed by atoms with E-state index in [1.807, 2.05) is 24.4 Å². The molecule has 0 radical (unpaired) electrons. The van der Waals surface area contributed by atoms with Gasteiger partial charge in [0.2, 0.25) is 0 Å². The van der Waals surface area contributed by atoms with Crippen molar-refractivity contribution in [2.45, 2.75) is 0 Å². The third-order valence-electron chi connectivity index (χ3n) is 2.65. The molecule has 90 valence electrons. The highest BCUT2D eigenvalue weighted by Crippen LogP contribution is 2.33. The van der Waals surface area contributed by atoms with Crippen LogP contribution in [0, 0.1) is 0 Å². The molecule has 0 aliphatic carbocycles. The molecule has 0 aliphatic heterocycles. The highest BCUT2D eigenvalue weighted by atomic mass is 79.9. The first-order valence-corrected chi connectivity index (χ1v) is 5.92. The predicted molar refractivity (Wildman–Crippen MR) is 68.5 cm³/mol. The molecular formula is C12H7BrN2O3. The lowest BCUT2D eigenvalue weighted by Crippen LogP contribution is -1.94. The molecule has 6 heteroatoms. The van der Waals surface area contributed by atoms with Gasteiger partial charge in [0.15, 0.2) is 11.5 Å². The maximum Gasteiger partial charge on any atom is 0.358 e. The van der Waals surface area contributed by atoms with Crippen molar-refractivity contribution in [3.8, 4) is 11.3 Å². The minimum Gasteiger partial charge on any atom is -0.476 e. The summed E-state index contributed by atoms with van der Waals surface area (Å²) in [6.45, 7) is 0. The largest absolute Gasteiger partial charge is 0.476 e. The number of hydrogen-bond donors (Lipinski definition) is 2. The van der Waals surface area contributed by atoms with Gasteiger partial charge in [-0.25, -0.2) is 4.79 Å². The monoisotopic (exact) mass is 306 g/mol. The molecule has 0 aliphatic rings. The Bertz CT molecular complexity index is 745. The van der Waals surface area contributed by atoms with E-state index in [1.165, 1.54) is 6.07 Å². The van der Waals surface area contributed by atoms with Gasteiger partial charge in [-0.05, 0) is 22.0 Å². The van der Waals surface area contributed by atoms with Crippen molar-refractivity contribution in [3.05, 3.63) is 40.6 Å². The Morgan fingerprint density at radius 2 is 2.28 bits per heavy atom. The number of nitrogens with zero attached hydrogens (tertiary/aromatic N) is 1. The van der Waals surface area contributed by atoms with Crippen molar-refractivity contribution in [2.75, 3.05) is 0 Å². The Balaban J connectivity index is 2.24. The number of aromatic nitrogens is 2. The molecule has 0 bridgehead atoms. The highest BCUT2D eigenvalue weighted by Gasteiger charge is 2.15. The molecule has 0 saturated heterocycles. The zero-order valence-electron chi connectivity index (χ0n) is 8.98. The SMILES string of the molecule is O=C(O)c1cc(-c2cccc3[nH]cc(Br)c23)on1. The van der Waals surface area contributed by atoms with Crippen LogP contribution in [0.4, 0.5) is 0 Å². The van der Waals surface area contributed by atoms with E-state index in [4.69, 9.17) is 9.63 Å². The Kier molecular flexibility index (Phi) is 2.45. The number of benzene rings is 1. The quantitative estimate of drug-likeness (QED) is 0.761. The summed E-state index contributed by atoms with van der Waals surface area (Å²) < 4.78 is 5.97. The Labute approximate surface area is 110 Å². The summed E-state index contributed by atoms with van der Waals surface area (Å²) in [6, 6.07) is 7.06. The molecule has 2 N–H and O–H groups in total. The van der Waals surface area contributed by atoms with E-state index in [1.54, 1.807) is 0 Å². The van der Waals surface area contributed by atoms with Crippen molar-refractivity contribution in [3.63, 3.8) is 0 Å². The number of aromatic amines is 1. The lowest BCUT2D eigenvalue weighted by atomic mass is 10.1. The predicted octanol–water partition coefficient (Wildman–Crippen LogP) is 3.28. The maximum atomic E-state index is 10.8. The van der Waals surface area contributed by atoms with Crippen LogP contribution in [-0.4, -0.2) is 21.2 Å². The molecule has 1 aromatic carbocycles. The number of halogens is 1. The van der Waals surface area contributed by atoms with Crippen molar-refractivity contribution >= 4 is 32.8 Å². The second-order valence-corrected chi connectivity index (χ2v) is 4.60. The average Bonchev–Trinajstić information content (AvgIpc) is 2.96. The van der Waals surface area contributed by atoms with Gasteiger partial charge >= 0.3 is 5.97 Å². The zero-order chi connectivity index (χ0) is 12.7. The summed E-state index contributed by atoms with van der Waals surface area (Å²) in [6.07, 6.45) is 1.82. The van der Waals surface area contributed by atoms with Crippen LogP contribution in [0.5, 0.6) is 0 Å². The van der Waals surface area contributed by atoms with Gasteiger partial charge < -0.3 is 14.6 Å². The second kappa shape index (κ2) is 3.99. The summed E-state index contributed by atoms with van der Waals surface area (Å²) in [5.74, 6) is -0.677. The van der Waals surface area contributed by atoms with E-state index in [0.29, 0.717) is 5.76 Å². The number of aromatic carboxylic acids is 1. The molecule has 0 atom stereocenters. The van der Waals surface area contributed by atoms with Crippen molar-refractivity contribution in [1.29, 1.82) is 0 Å². The molecule has 0 saturated carbocycles. The van der Waals surface area contributed by atoms with Crippen LogP contribution >= 0.6 is 15.9 Å². The number of hydrogen-bond acceptors (Lipinski definition) is 3. The van der Waals surface area contributed by atoms with Gasteiger partial charge in [0.25, 0.3) is 0 Å². The highest BCUT2D eigenvalue weighted by molar-refractivity contribution is 9.10. The number of fused-ring (bicyclic) bond motifs is 1. The van der Waals surface area contributed by atoms with Crippen molar-refractivity contribution < 1.29 is 14.4 Å². The molecule has 0 fully saturated rings. The van der Waals surface area contributed by atoms with Gasteiger partial charge in [-0.15, -0.1) is 0 Å². The molecule has 2 heterocycles. The molecule has 0 unspecified atom stereocenters. The van der Waals surface area contributed by atoms with E-state index in [9.17, 15) is 4.79 Å². The number of rotatable bonds is 2. The minimum atomic E-state index is -1.11. The van der Waals surface area contributed by atoms with E-state index >= 15 is 0 Å². The molecule has 2 aromatic heterocycles. The van der Waals surface area contributed by atoms with E-state index in [2.05, 4.69) is 26.1 Å². The summed E-state index contributed by atoms with van der Waals surface area (Å²) in [5.41, 5.74) is 1.63. The topological polar surface area (TPSA) is 79.1 Å². The molecule has 3 aromatic rings. The lowest BCUT2D eigenvalue weighted by molar-refractivity contribution is 0.0686. The minimum absolute atomic E-state index is 0.103. The lowest BCUT2D eigenvalue weighted by Gasteiger charge is -1.98. The van der Waals surface area contributed by atoms with E-state index in [0.717, 1.165) is 20.9 Å². The van der Waals surface area contributed by atoms with Gasteiger partial charge in [0.1, 0.15) is 0 Å². The molecule has 0 spiro atoms. The van der Waals surface area contributed by atoms with Gasteiger partial charge in [0, 0.05) is 33.2 Å². The summed E-state index contributed by atoms with van der Waals surface area (Å²) in [4.78, 5) is 13.9. The molecule has 18 heavy (non-hydrogen) atoms. The Hall–Kier alpha value is -2.08. The average molecular weight is 307 g/mol. The number of carbonyl (C=O) groups is 1. The molecule has 5 nitrogen and oxygen atoms in total. The maximum absolute atomic E-state index is 10.8. The van der Waals surface area contributed by atoms with Gasteiger partial charge in [-0.1, -0.05) is 17.3 Å². The van der Waals surface area contributed by atoms with Crippen LogP contribution in [0.3, 0.4) is 0 Å². The van der Waals surface area contributed by atoms with Crippen LogP contribution in [0.25, 0.3) is 22.2 Å². The third kappa shape index (κ3) is 1.62. The zero-order valence-corrected chi connectivity index (χ0v) is 10.6. The Morgan fingerprint density at radius 3 is 3.00 bits per heavy atom. The second-order valence-electron chi connectivity index (χ2n) is 3.75. The normalized spacial score (nSPS) is 10.9. The van der Waals surface area contributed by atoms with Gasteiger partial charge in [0.05, 0.1) is 0 Å². The third-order valence-corrected chi connectivity index (χ3v) is 3.28. The number of nitrogens with one attached hydrogen (secondary N) is 1. The van der Waals surface area contributed by atoms with E-state index in [-0.39, 0.29) is 5.69 Å². The summed E-state index contributed by atoms with van der Waals surface area (Å²) in [7, 11) is 0. The molecule has 0 amide bonds.